The standard InChI is InChI=1S/C16H20N2O4S/c1-10(16(21)22)17(2)15(20)11-7-14(19)18(9-11)12-5-4-6-13(8-12)23-3/h4-6,8,10-11H,7,9H2,1-3H3,(H,21,22). The summed E-state index contributed by atoms with van der Waals surface area (Å²) in [6.07, 6.45) is 2.07. The highest BCUT2D eigenvalue weighted by Gasteiger charge is 2.38. The van der Waals surface area contributed by atoms with E-state index < -0.39 is 17.9 Å². The summed E-state index contributed by atoms with van der Waals surface area (Å²) in [5.74, 6) is -1.99. The number of anilines is 1. The van der Waals surface area contributed by atoms with Crippen molar-refractivity contribution in [3.05, 3.63) is 24.3 Å². The third-order valence-electron chi connectivity index (χ3n) is 4.13. The van der Waals surface area contributed by atoms with Gasteiger partial charge in [-0.1, -0.05) is 6.07 Å². The fourth-order valence-corrected chi connectivity index (χ4v) is 3.00. The second-order valence-electron chi connectivity index (χ2n) is 5.57. The van der Waals surface area contributed by atoms with Crippen molar-refractivity contribution in [1.82, 2.24) is 4.90 Å². The van der Waals surface area contributed by atoms with Gasteiger partial charge in [-0.2, -0.15) is 0 Å². The molecule has 2 rings (SSSR count). The highest BCUT2D eigenvalue weighted by atomic mass is 32.2. The van der Waals surface area contributed by atoms with E-state index in [0.29, 0.717) is 0 Å². The average molecular weight is 336 g/mol. The minimum atomic E-state index is -1.06. The SMILES string of the molecule is CSc1cccc(N2CC(C(=O)N(C)C(C)C(=O)O)CC2=O)c1. The molecular formula is C16H20N2O4S. The van der Waals surface area contributed by atoms with E-state index in [-0.39, 0.29) is 24.8 Å². The monoisotopic (exact) mass is 336 g/mol. The first-order chi connectivity index (χ1) is 10.8. The van der Waals surface area contributed by atoms with Crippen molar-refractivity contribution in [2.24, 2.45) is 5.92 Å². The molecule has 0 spiro atoms. The van der Waals surface area contributed by atoms with Crippen LogP contribution >= 0.6 is 11.8 Å². The fraction of sp³-hybridized carbons (Fsp3) is 0.438. The Hall–Kier alpha value is -2.02. The summed E-state index contributed by atoms with van der Waals surface area (Å²) in [7, 11) is 1.46. The minimum absolute atomic E-state index is 0.110. The molecule has 0 aliphatic carbocycles. The summed E-state index contributed by atoms with van der Waals surface area (Å²) in [5, 5.41) is 9.01. The van der Waals surface area contributed by atoms with Gasteiger partial charge in [0, 0.05) is 30.6 Å². The maximum atomic E-state index is 12.4. The molecule has 1 heterocycles. The van der Waals surface area contributed by atoms with Crippen LogP contribution in [0.2, 0.25) is 0 Å². The van der Waals surface area contributed by atoms with E-state index in [1.165, 1.54) is 18.9 Å². The Labute approximate surface area is 139 Å². The number of benzene rings is 1. The van der Waals surface area contributed by atoms with Gasteiger partial charge in [0.1, 0.15) is 6.04 Å². The molecule has 6 nitrogen and oxygen atoms in total. The van der Waals surface area contributed by atoms with Crippen LogP contribution in [-0.2, 0) is 14.4 Å². The van der Waals surface area contributed by atoms with E-state index in [2.05, 4.69) is 0 Å². The summed E-state index contributed by atoms with van der Waals surface area (Å²) < 4.78 is 0. The lowest BCUT2D eigenvalue weighted by molar-refractivity contribution is -0.149. The molecule has 0 aromatic heterocycles. The Morgan fingerprint density at radius 3 is 2.74 bits per heavy atom. The van der Waals surface area contributed by atoms with Gasteiger partial charge < -0.3 is 14.9 Å². The largest absolute Gasteiger partial charge is 0.480 e. The average Bonchev–Trinajstić information content (AvgIpc) is 2.94. The maximum absolute atomic E-state index is 12.4. The van der Waals surface area contributed by atoms with Gasteiger partial charge in [-0.15, -0.1) is 11.8 Å². The number of hydrogen-bond acceptors (Lipinski definition) is 4. The second-order valence-corrected chi connectivity index (χ2v) is 6.45. The third kappa shape index (κ3) is 3.67. The van der Waals surface area contributed by atoms with Crippen molar-refractivity contribution in [3.8, 4) is 0 Å². The number of aliphatic carboxylic acids is 1. The molecule has 2 atom stereocenters. The number of rotatable bonds is 5. The molecule has 1 aliphatic heterocycles. The molecule has 1 aliphatic rings. The van der Waals surface area contributed by atoms with Crippen LogP contribution in [0.15, 0.2) is 29.2 Å². The minimum Gasteiger partial charge on any atom is -0.480 e. The summed E-state index contributed by atoms with van der Waals surface area (Å²) in [6.45, 7) is 1.74. The van der Waals surface area contributed by atoms with Crippen molar-refractivity contribution in [1.29, 1.82) is 0 Å². The molecule has 0 radical (unpaired) electrons. The Morgan fingerprint density at radius 2 is 2.13 bits per heavy atom. The summed E-state index contributed by atoms with van der Waals surface area (Å²) in [4.78, 5) is 39.5. The van der Waals surface area contributed by atoms with Crippen LogP contribution in [0.25, 0.3) is 0 Å². The van der Waals surface area contributed by atoms with E-state index in [1.807, 2.05) is 30.5 Å². The van der Waals surface area contributed by atoms with Gasteiger partial charge in [0.15, 0.2) is 0 Å². The van der Waals surface area contributed by atoms with E-state index in [0.717, 1.165) is 10.6 Å². The lowest BCUT2D eigenvalue weighted by Crippen LogP contribution is -2.43. The van der Waals surface area contributed by atoms with Crippen LogP contribution in [0.5, 0.6) is 0 Å². The van der Waals surface area contributed by atoms with Crippen LogP contribution < -0.4 is 4.90 Å². The Balaban J connectivity index is 2.13. The van der Waals surface area contributed by atoms with Crippen LogP contribution in [0.4, 0.5) is 5.69 Å². The number of thioether (sulfide) groups is 1. The van der Waals surface area contributed by atoms with Crippen LogP contribution in [0.3, 0.4) is 0 Å². The molecule has 7 heteroatoms. The van der Waals surface area contributed by atoms with Crippen LogP contribution in [0.1, 0.15) is 13.3 Å². The number of carbonyl (C=O) groups excluding carboxylic acids is 2. The molecule has 1 N–H and O–H groups in total. The van der Waals surface area contributed by atoms with Gasteiger partial charge in [-0.05, 0) is 31.4 Å². The maximum Gasteiger partial charge on any atom is 0.326 e. The van der Waals surface area contributed by atoms with E-state index in [4.69, 9.17) is 5.11 Å². The molecule has 124 valence electrons. The lowest BCUT2D eigenvalue weighted by Gasteiger charge is -2.24. The number of likely N-dealkylation sites (N-methyl/N-ethyl adjacent to an activating group) is 1. The van der Waals surface area contributed by atoms with Crippen molar-refractivity contribution < 1.29 is 19.5 Å². The Morgan fingerprint density at radius 1 is 1.43 bits per heavy atom. The quantitative estimate of drug-likeness (QED) is 0.828. The van der Waals surface area contributed by atoms with Crippen molar-refractivity contribution in [2.75, 3.05) is 24.7 Å². The molecule has 2 amide bonds. The lowest BCUT2D eigenvalue weighted by atomic mass is 10.1. The number of carbonyl (C=O) groups is 3. The second kappa shape index (κ2) is 7.04. The van der Waals surface area contributed by atoms with Crippen molar-refractivity contribution in [3.63, 3.8) is 0 Å². The van der Waals surface area contributed by atoms with Gasteiger partial charge in [-0.3, -0.25) is 9.59 Å². The normalized spacial score (nSPS) is 18.8. The molecule has 1 saturated heterocycles. The van der Waals surface area contributed by atoms with E-state index in [9.17, 15) is 14.4 Å². The summed E-state index contributed by atoms with van der Waals surface area (Å²) >= 11 is 1.58. The molecule has 0 bridgehead atoms. The first-order valence-electron chi connectivity index (χ1n) is 7.29. The molecule has 2 unspecified atom stereocenters. The van der Waals surface area contributed by atoms with Gasteiger partial charge >= 0.3 is 5.97 Å². The van der Waals surface area contributed by atoms with Gasteiger partial charge in [0.05, 0.1) is 5.92 Å². The van der Waals surface area contributed by atoms with Crippen LogP contribution in [-0.4, -0.2) is 53.7 Å². The highest BCUT2D eigenvalue weighted by molar-refractivity contribution is 7.98. The van der Waals surface area contributed by atoms with Gasteiger partial charge in [0.25, 0.3) is 0 Å². The van der Waals surface area contributed by atoms with Crippen molar-refractivity contribution >= 4 is 35.2 Å². The number of carboxylic acid groups (broad SMARTS) is 1. The smallest absolute Gasteiger partial charge is 0.326 e. The topological polar surface area (TPSA) is 77.9 Å². The molecular weight excluding hydrogens is 316 g/mol. The summed E-state index contributed by atoms with van der Waals surface area (Å²) in [6, 6.07) is 6.68. The molecule has 1 aromatic rings. The van der Waals surface area contributed by atoms with Crippen molar-refractivity contribution in [2.45, 2.75) is 24.3 Å². The number of carboxylic acids is 1. The van der Waals surface area contributed by atoms with Gasteiger partial charge in [-0.25, -0.2) is 4.79 Å². The predicted molar refractivity (Wildman–Crippen MR) is 88.6 cm³/mol. The molecule has 1 aromatic carbocycles. The molecule has 1 fully saturated rings. The highest BCUT2D eigenvalue weighted by Crippen LogP contribution is 2.29. The number of hydrogen-bond donors (Lipinski definition) is 1. The zero-order valence-corrected chi connectivity index (χ0v) is 14.2. The zero-order valence-electron chi connectivity index (χ0n) is 13.4. The molecule has 0 saturated carbocycles. The summed E-state index contributed by atoms with van der Waals surface area (Å²) in [5.41, 5.74) is 0.770. The predicted octanol–water partition coefficient (Wildman–Crippen LogP) is 1.69. The molecule has 23 heavy (non-hydrogen) atoms. The third-order valence-corrected chi connectivity index (χ3v) is 4.85. The van der Waals surface area contributed by atoms with Gasteiger partial charge in [0.2, 0.25) is 11.8 Å². The van der Waals surface area contributed by atoms with E-state index >= 15 is 0 Å². The zero-order chi connectivity index (χ0) is 17.1. The van der Waals surface area contributed by atoms with E-state index in [1.54, 1.807) is 16.7 Å². The van der Waals surface area contributed by atoms with Crippen LogP contribution in [0, 0.1) is 5.92 Å². The fourth-order valence-electron chi connectivity index (χ4n) is 2.55. The Bertz CT molecular complexity index is 634. The number of amides is 2. The first-order valence-corrected chi connectivity index (χ1v) is 8.51. The Kier molecular flexibility index (Phi) is 5.30. The first kappa shape index (κ1) is 17.3. The number of nitrogens with zero attached hydrogens (tertiary/aromatic N) is 2.